The van der Waals surface area contributed by atoms with Crippen LogP contribution in [-0.2, 0) is 0 Å². The van der Waals surface area contributed by atoms with Gasteiger partial charge in [-0.2, -0.15) is 0 Å². The third-order valence-electron chi connectivity index (χ3n) is 3.80. The molecule has 2 heterocycles. The molecule has 1 unspecified atom stereocenters. The lowest BCUT2D eigenvalue weighted by molar-refractivity contribution is 0.220. The van der Waals surface area contributed by atoms with Crippen molar-refractivity contribution < 1.29 is 0 Å². The van der Waals surface area contributed by atoms with E-state index in [4.69, 9.17) is 0 Å². The van der Waals surface area contributed by atoms with Crippen molar-refractivity contribution in [2.45, 2.75) is 25.8 Å². The molecule has 0 aromatic rings. The summed E-state index contributed by atoms with van der Waals surface area (Å²) in [7, 11) is 4.36. The van der Waals surface area contributed by atoms with E-state index in [0.29, 0.717) is 0 Å². The minimum atomic E-state index is 0.776. The van der Waals surface area contributed by atoms with Gasteiger partial charge in [0.05, 0.1) is 0 Å². The Morgan fingerprint density at radius 2 is 2.19 bits per heavy atom. The fraction of sp³-hybridized carbons (Fsp3) is 0.846. The van der Waals surface area contributed by atoms with Gasteiger partial charge in [-0.25, -0.2) is 0 Å². The average Bonchev–Trinajstić information content (AvgIpc) is 2.48. The molecule has 0 saturated carbocycles. The van der Waals surface area contributed by atoms with Crippen LogP contribution in [0.1, 0.15) is 19.8 Å². The summed E-state index contributed by atoms with van der Waals surface area (Å²) in [4.78, 5) is 4.98. The maximum absolute atomic E-state index is 3.33. The van der Waals surface area contributed by atoms with Gasteiger partial charge in [-0.1, -0.05) is 5.57 Å². The van der Waals surface area contributed by atoms with Crippen LogP contribution in [0.3, 0.4) is 0 Å². The predicted molar refractivity (Wildman–Crippen MR) is 68.7 cm³/mol. The van der Waals surface area contributed by atoms with Gasteiger partial charge in [-0.15, -0.1) is 0 Å². The van der Waals surface area contributed by atoms with Crippen molar-refractivity contribution in [3.8, 4) is 0 Å². The Morgan fingerprint density at radius 3 is 2.75 bits per heavy atom. The zero-order valence-corrected chi connectivity index (χ0v) is 10.9. The molecule has 2 aliphatic rings. The number of rotatable bonds is 4. The highest BCUT2D eigenvalue weighted by atomic mass is 15.2. The first kappa shape index (κ1) is 12.1. The van der Waals surface area contributed by atoms with Crippen LogP contribution in [0.4, 0.5) is 0 Å². The van der Waals surface area contributed by atoms with Gasteiger partial charge in [-0.3, -0.25) is 4.90 Å². The van der Waals surface area contributed by atoms with Crippen LogP contribution in [0.2, 0.25) is 0 Å². The lowest BCUT2D eigenvalue weighted by atomic mass is 10.0. The van der Waals surface area contributed by atoms with Gasteiger partial charge in [-0.05, 0) is 46.0 Å². The SMILES string of the molecule is CC(CN1CCCC1CN(C)C)=C1CNC1. The third kappa shape index (κ3) is 2.84. The first-order valence-electron chi connectivity index (χ1n) is 6.44. The Hall–Kier alpha value is -0.380. The van der Waals surface area contributed by atoms with Gasteiger partial charge >= 0.3 is 0 Å². The summed E-state index contributed by atoms with van der Waals surface area (Å²) in [6, 6.07) is 0.776. The summed E-state index contributed by atoms with van der Waals surface area (Å²) in [6.45, 7) is 8.24. The van der Waals surface area contributed by atoms with Crippen molar-refractivity contribution in [2.24, 2.45) is 0 Å². The molecule has 0 amide bonds. The molecule has 92 valence electrons. The summed E-state index contributed by atoms with van der Waals surface area (Å²) in [6.07, 6.45) is 2.75. The number of hydrogen-bond acceptors (Lipinski definition) is 3. The number of nitrogens with zero attached hydrogens (tertiary/aromatic N) is 2. The Labute approximate surface area is 99.5 Å². The van der Waals surface area contributed by atoms with Gasteiger partial charge < -0.3 is 10.2 Å². The standard InChI is InChI=1S/C13H25N3/c1-11(12-7-14-8-12)9-16-6-4-5-13(16)10-15(2)3/h13-14H,4-10H2,1-3H3. The van der Waals surface area contributed by atoms with Crippen LogP contribution < -0.4 is 5.32 Å². The first-order chi connectivity index (χ1) is 7.66. The van der Waals surface area contributed by atoms with Crippen LogP contribution in [-0.4, -0.2) is 62.7 Å². The molecule has 1 atom stereocenters. The van der Waals surface area contributed by atoms with Gasteiger partial charge in [0.25, 0.3) is 0 Å². The zero-order chi connectivity index (χ0) is 11.5. The Bertz CT molecular complexity index is 264. The van der Waals surface area contributed by atoms with E-state index in [1.165, 1.54) is 32.5 Å². The molecule has 0 aromatic carbocycles. The van der Waals surface area contributed by atoms with Gasteiger partial charge in [0, 0.05) is 32.2 Å². The fourth-order valence-electron chi connectivity index (χ4n) is 2.70. The van der Waals surface area contributed by atoms with Crippen LogP contribution >= 0.6 is 0 Å². The van der Waals surface area contributed by atoms with E-state index in [1.807, 2.05) is 0 Å². The highest BCUT2D eigenvalue weighted by Crippen LogP contribution is 2.20. The van der Waals surface area contributed by atoms with Crippen molar-refractivity contribution in [1.82, 2.24) is 15.1 Å². The molecule has 0 bridgehead atoms. The Morgan fingerprint density at radius 1 is 1.44 bits per heavy atom. The average molecular weight is 223 g/mol. The summed E-state index contributed by atoms with van der Waals surface area (Å²) >= 11 is 0. The third-order valence-corrected chi connectivity index (χ3v) is 3.80. The second-order valence-electron chi connectivity index (χ2n) is 5.52. The molecular weight excluding hydrogens is 198 g/mol. The minimum absolute atomic E-state index is 0.776. The summed E-state index contributed by atoms with van der Waals surface area (Å²) < 4.78 is 0. The van der Waals surface area contributed by atoms with Crippen LogP contribution in [0.15, 0.2) is 11.1 Å². The minimum Gasteiger partial charge on any atom is -0.309 e. The highest BCUT2D eigenvalue weighted by molar-refractivity contribution is 5.22. The van der Waals surface area contributed by atoms with Gasteiger partial charge in [0.1, 0.15) is 0 Å². The lowest BCUT2D eigenvalue weighted by Gasteiger charge is -2.30. The number of likely N-dealkylation sites (tertiary alicyclic amines) is 1. The van der Waals surface area contributed by atoms with Crippen molar-refractivity contribution in [3.63, 3.8) is 0 Å². The zero-order valence-electron chi connectivity index (χ0n) is 10.9. The number of hydrogen-bond donors (Lipinski definition) is 1. The molecule has 0 aromatic heterocycles. The summed E-state index contributed by atoms with van der Waals surface area (Å²) in [5, 5.41) is 3.33. The molecular formula is C13H25N3. The maximum atomic E-state index is 3.33. The molecule has 2 saturated heterocycles. The summed E-state index contributed by atoms with van der Waals surface area (Å²) in [5.41, 5.74) is 3.24. The van der Waals surface area contributed by atoms with E-state index >= 15 is 0 Å². The van der Waals surface area contributed by atoms with Crippen LogP contribution in [0.25, 0.3) is 0 Å². The molecule has 0 aliphatic carbocycles. The molecule has 2 rings (SSSR count). The molecule has 3 heteroatoms. The maximum Gasteiger partial charge on any atom is 0.0226 e. The Kier molecular flexibility index (Phi) is 4.00. The van der Waals surface area contributed by atoms with Gasteiger partial charge in [0.2, 0.25) is 0 Å². The highest BCUT2D eigenvalue weighted by Gasteiger charge is 2.25. The van der Waals surface area contributed by atoms with E-state index in [2.05, 4.69) is 36.1 Å². The van der Waals surface area contributed by atoms with Crippen molar-refractivity contribution in [1.29, 1.82) is 0 Å². The topological polar surface area (TPSA) is 18.5 Å². The van der Waals surface area contributed by atoms with Crippen LogP contribution in [0, 0.1) is 0 Å². The van der Waals surface area contributed by atoms with Gasteiger partial charge in [0.15, 0.2) is 0 Å². The lowest BCUT2D eigenvalue weighted by Crippen LogP contribution is -2.40. The summed E-state index contributed by atoms with van der Waals surface area (Å²) in [5.74, 6) is 0. The van der Waals surface area contributed by atoms with E-state index in [-0.39, 0.29) is 0 Å². The molecule has 0 radical (unpaired) electrons. The predicted octanol–water partition coefficient (Wildman–Crippen LogP) is 0.932. The first-order valence-corrected chi connectivity index (χ1v) is 6.44. The van der Waals surface area contributed by atoms with E-state index in [0.717, 1.165) is 19.1 Å². The number of nitrogens with one attached hydrogen (secondary N) is 1. The van der Waals surface area contributed by atoms with Crippen LogP contribution in [0.5, 0.6) is 0 Å². The van der Waals surface area contributed by atoms with E-state index in [1.54, 1.807) is 11.1 Å². The largest absolute Gasteiger partial charge is 0.309 e. The fourth-order valence-corrected chi connectivity index (χ4v) is 2.70. The van der Waals surface area contributed by atoms with Crippen molar-refractivity contribution in [2.75, 3.05) is 46.8 Å². The Balaban J connectivity index is 1.88. The molecule has 3 nitrogen and oxygen atoms in total. The normalized spacial score (nSPS) is 26.2. The molecule has 0 spiro atoms. The molecule has 2 fully saturated rings. The smallest absolute Gasteiger partial charge is 0.0226 e. The second kappa shape index (κ2) is 5.30. The van der Waals surface area contributed by atoms with E-state index in [9.17, 15) is 0 Å². The van der Waals surface area contributed by atoms with Crippen molar-refractivity contribution >= 4 is 0 Å². The second-order valence-corrected chi connectivity index (χ2v) is 5.52. The molecule has 1 N–H and O–H groups in total. The van der Waals surface area contributed by atoms with E-state index < -0.39 is 0 Å². The molecule has 2 aliphatic heterocycles. The number of likely N-dealkylation sites (N-methyl/N-ethyl adjacent to an activating group) is 1. The van der Waals surface area contributed by atoms with Crippen molar-refractivity contribution in [3.05, 3.63) is 11.1 Å². The monoisotopic (exact) mass is 223 g/mol. The quantitative estimate of drug-likeness (QED) is 0.715. The molecule has 16 heavy (non-hydrogen) atoms.